The normalized spacial score (nSPS) is 11.0. The molecule has 3 aromatic rings. The lowest BCUT2D eigenvalue weighted by Crippen LogP contribution is -1.95. The highest BCUT2D eigenvalue weighted by atomic mass is 32.1. The van der Waals surface area contributed by atoms with Crippen molar-refractivity contribution in [2.45, 2.75) is 0 Å². The molecule has 120 valence electrons. The van der Waals surface area contributed by atoms with Crippen LogP contribution in [0.15, 0.2) is 53.6 Å². The van der Waals surface area contributed by atoms with E-state index >= 15 is 0 Å². The predicted octanol–water partition coefficient (Wildman–Crippen LogP) is 3.54. The van der Waals surface area contributed by atoms with E-state index in [-0.39, 0.29) is 16.3 Å². The van der Waals surface area contributed by atoms with Crippen molar-refractivity contribution < 1.29 is 9.31 Å². The first-order valence-corrected chi connectivity index (χ1v) is 7.17. The van der Waals surface area contributed by atoms with Crippen molar-refractivity contribution in [2.24, 2.45) is 5.10 Å². The number of hydrogen-bond donors (Lipinski definition) is 1. The molecule has 0 atom stereocenters. The van der Waals surface area contributed by atoms with Crippen LogP contribution in [-0.4, -0.2) is 26.0 Å². The predicted molar refractivity (Wildman–Crippen MR) is 88.9 cm³/mol. The van der Waals surface area contributed by atoms with E-state index in [1.54, 1.807) is 24.3 Å². The molecule has 0 fully saturated rings. The number of nitrogens with one attached hydrogen (secondary N) is 1. The van der Waals surface area contributed by atoms with E-state index in [2.05, 4.69) is 15.3 Å². The Morgan fingerprint density at radius 1 is 1.21 bits per heavy atom. The summed E-state index contributed by atoms with van der Waals surface area (Å²) in [7, 11) is 0. The summed E-state index contributed by atoms with van der Waals surface area (Å²) in [5.74, 6) is 0.0759. The molecule has 0 amide bonds. The van der Waals surface area contributed by atoms with E-state index in [9.17, 15) is 14.5 Å². The number of rotatable bonds is 4. The van der Waals surface area contributed by atoms with Crippen LogP contribution in [0.2, 0.25) is 0 Å². The van der Waals surface area contributed by atoms with Crippen molar-refractivity contribution in [2.75, 3.05) is 0 Å². The van der Waals surface area contributed by atoms with Gasteiger partial charge in [-0.1, -0.05) is 0 Å². The van der Waals surface area contributed by atoms with Crippen LogP contribution in [0.25, 0.3) is 11.4 Å². The molecule has 9 heteroatoms. The van der Waals surface area contributed by atoms with Crippen LogP contribution in [0, 0.1) is 20.7 Å². The van der Waals surface area contributed by atoms with Crippen molar-refractivity contribution in [3.63, 3.8) is 0 Å². The molecule has 3 rings (SSSR count). The Morgan fingerprint density at radius 2 is 1.88 bits per heavy atom. The summed E-state index contributed by atoms with van der Waals surface area (Å²) in [5.41, 5.74) is 1.30. The van der Waals surface area contributed by atoms with Crippen LogP contribution in [0.4, 0.5) is 10.1 Å². The highest BCUT2D eigenvalue weighted by Crippen LogP contribution is 2.18. The van der Waals surface area contributed by atoms with Gasteiger partial charge in [-0.15, -0.1) is 0 Å². The number of aromatic amines is 1. The second-order valence-corrected chi connectivity index (χ2v) is 5.15. The van der Waals surface area contributed by atoms with Crippen molar-refractivity contribution in [1.29, 1.82) is 0 Å². The van der Waals surface area contributed by atoms with Gasteiger partial charge in [0.05, 0.1) is 11.1 Å². The van der Waals surface area contributed by atoms with Gasteiger partial charge in [-0.05, 0) is 54.2 Å². The van der Waals surface area contributed by atoms with Gasteiger partial charge in [0.2, 0.25) is 4.77 Å². The van der Waals surface area contributed by atoms with E-state index in [1.165, 1.54) is 35.2 Å². The van der Waals surface area contributed by atoms with Gasteiger partial charge in [0.15, 0.2) is 5.82 Å². The maximum absolute atomic E-state index is 13.0. The molecule has 0 unspecified atom stereocenters. The molecule has 0 radical (unpaired) electrons. The second kappa shape index (κ2) is 6.50. The first-order chi connectivity index (χ1) is 11.5. The monoisotopic (exact) mass is 343 g/mol. The lowest BCUT2D eigenvalue weighted by molar-refractivity contribution is -0.384. The SMILES string of the molecule is O=[N+]([O-])c1ccc(/C=N/n2c(-c3ccc(F)cc3)n[nH]c2=S)cc1. The fourth-order valence-corrected chi connectivity index (χ4v) is 2.17. The number of nitrogens with zero attached hydrogens (tertiary/aromatic N) is 4. The summed E-state index contributed by atoms with van der Waals surface area (Å²) in [6, 6.07) is 11.7. The summed E-state index contributed by atoms with van der Waals surface area (Å²) >= 11 is 5.14. The van der Waals surface area contributed by atoms with Crippen LogP contribution >= 0.6 is 12.2 Å². The van der Waals surface area contributed by atoms with Gasteiger partial charge in [-0.25, -0.2) is 9.49 Å². The van der Waals surface area contributed by atoms with Crippen LogP contribution in [0.1, 0.15) is 5.56 Å². The number of nitro groups is 1. The average Bonchev–Trinajstić information content (AvgIpc) is 2.95. The molecule has 1 N–H and O–H groups in total. The maximum Gasteiger partial charge on any atom is 0.269 e. The molecular formula is C15H10FN5O2S. The number of benzene rings is 2. The Balaban J connectivity index is 1.92. The van der Waals surface area contributed by atoms with Crippen molar-refractivity contribution in [3.05, 3.63) is 74.8 Å². The Hall–Kier alpha value is -3.20. The van der Waals surface area contributed by atoms with Gasteiger partial charge in [-0.2, -0.15) is 14.9 Å². The number of halogens is 1. The Bertz CT molecular complexity index is 961. The molecule has 1 heterocycles. The highest BCUT2D eigenvalue weighted by molar-refractivity contribution is 7.71. The quantitative estimate of drug-likeness (QED) is 0.340. The minimum Gasteiger partial charge on any atom is -0.258 e. The van der Waals surface area contributed by atoms with Gasteiger partial charge < -0.3 is 0 Å². The molecule has 2 aromatic carbocycles. The van der Waals surface area contributed by atoms with Crippen LogP contribution in [0.5, 0.6) is 0 Å². The van der Waals surface area contributed by atoms with Gasteiger partial charge in [0, 0.05) is 17.7 Å². The Morgan fingerprint density at radius 3 is 2.50 bits per heavy atom. The summed E-state index contributed by atoms with van der Waals surface area (Å²) in [6.07, 6.45) is 1.50. The van der Waals surface area contributed by atoms with E-state index in [4.69, 9.17) is 12.2 Å². The van der Waals surface area contributed by atoms with E-state index < -0.39 is 4.92 Å². The molecule has 0 bridgehead atoms. The van der Waals surface area contributed by atoms with Crippen molar-refractivity contribution >= 4 is 24.1 Å². The third kappa shape index (κ3) is 3.25. The smallest absolute Gasteiger partial charge is 0.258 e. The molecule has 0 spiro atoms. The third-order valence-electron chi connectivity index (χ3n) is 3.18. The zero-order valence-corrected chi connectivity index (χ0v) is 12.9. The lowest BCUT2D eigenvalue weighted by atomic mass is 10.2. The average molecular weight is 343 g/mol. The third-order valence-corrected chi connectivity index (χ3v) is 3.44. The molecule has 7 nitrogen and oxygen atoms in total. The number of H-pyrrole nitrogens is 1. The fourth-order valence-electron chi connectivity index (χ4n) is 1.99. The molecule has 24 heavy (non-hydrogen) atoms. The maximum atomic E-state index is 13.0. The van der Waals surface area contributed by atoms with E-state index in [0.717, 1.165) is 0 Å². The van der Waals surface area contributed by atoms with Crippen LogP contribution in [0.3, 0.4) is 0 Å². The first-order valence-electron chi connectivity index (χ1n) is 6.77. The zero-order chi connectivity index (χ0) is 17.1. The van der Waals surface area contributed by atoms with Gasteiger partial charge in [-0.3, -0.25) is 10.1 Å². The zero-order valence-electron chi connectivity index (χ0n) is 12.1. The van der Waals surface area contributed by atoms with Gasteiger partial charge in [0.25, 0.3) is 5.69 Å². The molecule has 0 aliphatic heterocycles. The number of aromatic nitrogens is 3. The lowest BCUT2D eigenvalue weighted by Gasteiger charge is -2.01. The highest BCUT2D eigenvalue weighted by Gasteiger charge is 2.08. The fraction of sp³-hybridized carbons (Fsp3) is 0. The van der Waals surface area contributed by atoms with Crippen LogP contribution in [-0.2, 0) is 0 Å². The number of non-ortho nitro benzene ring substituents is 1. The Labute approximate surface area is 140 Å². The largest absolute Gasteiger partial charge is 0.269 e. The summed E-state index contributed by atoms with van der Waals surface area (Å²) < 4.78 is 14.7. The number of nitro benzene ring substituents is 1. The molecule has 0 aliphatic rings. The van der Waals surface area contributed by atoms with Gasteiger partial charge >= 0.3 is 0 Å². The van der Waals surface area contributed by atoms with Crippen molar-refractivity contribution in [3.8, 4) is 11.4 Å². The standard InChI is InChI=1S/C15H10FN5O2S/c16-12-5-3-11(4-6-12)14-18-19-15(24)20(14)17-9-10-1-7-13(8-2-10)21(22)23/h1-9H,(H,19,24)/b17-9+. The van der Waals surface area contributed by atoms with Gasteiger partial charge in [0.1, 0.15) is 5.82 Å². The molecule has 0 aliphatic carbocycles. The molecule has 0 saturated heterocycles. The molecule has 1 aromatic heterocycles. The molecular weight excluding hydrogens is 333 g/mol. The Kier molecular flexibility index (Phi) is 4.25. The first kappa shape index (κ1) is 15.7. The van der Waals surface area contributed by atoms with Crippen LogP contribution < -0.4 is 0 Å². The summed E-state index contributed by atoms with van der Waals surface area (Å²) in [4.78, 5) is 10.2. The second-order valence-electron chi connectivity index (χ2n) is 4.76. The number of hydrogen-bond acceptors (Lipinski definition) is 5. The topological polar surface area (TPSA) is 89.1 Å². The minimum absolute atomic E-state index is 0.000858. The summed E-state index contributed by atoms with van der Waals surface area (Å²) in [6.45, 7) is 0. The minimum atomic E-state index is -0.472. The van der Waals surface area contributed by atoms with E-state index in [0.29, 0.717) is 17.0 Å². The molecule has 0 saturated carbocycles. The van der Waals surface area contributed by atoms with E-state index in [1.807, 2.05) is 0 Å². The summed E-state index contributed by atoms with van der Waals surface area (Å²) in [5, 5.41) is 21.6. The van der Waals surface area contributed by atoms with Crippen molar-refractivity contribution in [1.82, 2.24) is 14.9 Å².